The van der Waals surface area contributed by atoms with Crippen LogP contribution in [-0.4, -0.2) is 22.4 Å². The highest BCUT2D eigenvalue weighted by atomic mass is 16.5. The van der Waals surface area contributed by atoms with Gasteiger partial charge in [0.05, 0.1) is 5.56 Å². The zero-order valence-corrected chi connectivity index (χ0v) is 16.1. The van der Waals surface area contributed by atoms with Gasteiger partial charge in [0.15, 0.2) is 5.76 Å². The summed E-state index contributed by atoms with van der Waals surface area (Å²) >= 11 is 0. The second kappa shape index (κ2) is 7.18. The van der Waals surface area contributed by atoms with E-state index in [0.29, 0.717) is 30.3 Å². The molecule has 144 valence electrons. The molecule has 2 aliphatic heterocycles. The van der Waals surface area contributed by atoms with E-state index in [4.69, 9.17) is 9.47 Å². The van der Waals surface area contributed by atoms with Crippen LogP contribution in [0.2, 0.25) is 0 Å². The average Bonchev–Trinajstić information content (AvgIpc) is 3.05. The van der Waals surface area contributed by atoms with Crippen molar-refractivity contribution in [1.29, 1.82) is 0 Å². The van der Waals surface area contributed by atoms with E-state index in [9.17, 15) is 4.79 Å². The number of carbonyl (C=O) groups excluding carboxylic acids is 1. The molecule has 0 amide bonds. The van der Waals surface area contributed by atoms with Gasteiger partial charge in [-0.3, -0.25) is 14.7 Å². The van der Waals surface area contributed by atoms with Crippen LogP contribution in [0.3, 0.4) is 0 Å². The van der Waals surface area contributed by atoms with Gasteiger partial charge in [0.25, 0.3) is 0 Å². The molecular weight excluding hydrogens is 364 g/mol. The Hall–Kier alpha value is -3.44. The molecule has 1 aromatic heterocycles. The minimum absolute atomic E-state index is 0.0841. The topological polar surface area (TPSA) is 51.7 Å². The Morgan fingerprint density at radius 1 is 1.14 bits per heavy atom. The van der Waals surface area contributed by atoms with Crippen LogP contribution in [0.1, 0.15) is 32.6 Å². The van der Waals surface area contributed by atoms with Crippen molar-refractivity contribution >= 4 is 11.9 Å². The van der Waals surface area contributed by atoms with Gasteiger partial charge in [-0.15, -0.1) is 0 Å². The Kier molecular flexibility index (Phi) is 4.37. The molecular formula is C24H20N2O3. The predicted octanol–water partition coefficient (Wildman–Crippen LogP) is 4.36. The summed E-state index contributed by atoms with van der Waals surface area (Å²) in [6.45, 7) is 3.89. The van der Waals surface area contributed by atoms with E-state index in [0.717, 1.165) is 34.5 Å². The zero-order valence-electron chi connectivity index (χ0n) is 16.1. The molecule has 0 fully saturated rings. The predicted molar refractivity (Wildman–Crippen MR) is 110 cm³/mol. The van der Waals surface area contributed by atoms with Crippen molar-refractivity contribution in [3.8, 4) is 11.5 Å². The van der Waals surface area contributed by atoms with Crippen LogP contribution in [0.4, 0.5) is 0 Å². The number of pyridine rings is 1. The van der Waals surface area contributed by atoms with Crippen molar-refractivity contribution in [1.82, 2.24) is 9.88 Å². The summed E-state index contributed by atoms with van der Waals surface area (Å²) < 4.78 is 12.0. The Morgan fingerprint density at radius 3 is 2.79 bits per heavy atom. The number of aromatic nitrogens is 1. The number of allylic oxidation sites excluding steroid dienone is 1. The molecule has 0 radical (unpaired) electrons. The number of rotatable bonds is 3. The van der Waals surface area contributed by atoms with Gasteiger partial charge in [-0.05, 0) is 36.3 Å². The molecule has 0 unspecified atom stereocenters. The first-order valence-electron chi connectivity index (χ1n) is 9.59. The maximum atomic E-state index is 13.0. The Labute approximate surface area is 169 Å². The highest BCUT2D eigenvalue weighted by Gasteiger charge is 2.33. The van der Waals surface area contributed by atoms with Gasteiger partial charge in [0, 0.05) is 36.6 Å². The van der Waals surface area contributed by atoms with Gasteiger partial charge in [-0.1, -0.05) is 36.4 Å². The Balaban J connectivity index is 1.44. The summed E-state index contributed by atoms with van der Waals surface area (Å²) in [4.78, 5) is 19.3. The molecule has 0 saturated heterocycles. The minimum Gasteiger partial charge on any atom is -0.477 e. The fourth-order valence-corrected chi connectivity index (χ4v) is 3.85. The number of hydrogen-bond acceptors (Lipinski definition) is 5. The highest BCUT2D eigenvalue weighted by molar-refractivity contribution is 6.15. The van der Waals surface area contributed by atoms with Crippen molar-refractivity contribution in [2.24, 2.45) is 0 Å². The number of ketones is 1. The van der Waals surface area contributed by atoms with E-state index in [1.54, 1.807) is 12.3 Å². The third-order valence-electron chi connectivity index (χ3n) is 5.23. The Morgan fingerprint density at radius 2 is 2.00 bits per heavy atom. The molecule has 3 aromatic rings. The molecule has 0 spiro atoms. The third kappa shape index (κ3) is 3.30. The third-order valence-corrected chi connectivity index (χ3v) is 5.23. The normalized spacial score (nSPS) is 16.9. The monoisotopic (exact) mass is 384 g/mol. The zero-order chi connectivity index (χ0) is 19.8. The fraction of sp³-hybridized carbons (Fsp3) is 0.167. The summed E-state index contributed by atoms with van der Waals surface area (Å²) in [6, 6.07) is 15.6. The molecule has 5 rings (SSSR count). The SMILES string of the molecule is Cc1c2c(cc3c1OC(=Cc1ccccc1)C3=O)CN(Cc1cccnc1)CO2. The van der Waals surface area contributed by atoms with E-state index in [-0.39, 0.29) is 5.78 Å². The van der Waals surface area contributed by atoms with Crippen LogP contribution < -0.4 is 9.47 Å². The summed E-state index contributed by atoms with van der Waals surface area (Å²) in [5, 5.41) is 0. The van der Waals surface area contributed by atoms with Crippen LogP contribution in [0.15, 0.2) is 66.7 Å². The molecule has 2 aliphatic rings. The smallest absolute Gasteiger partial charge is 0.231 e. The molecule has 2 aromatic carbocycles. The summed E-state index contributed by atoms with van der Waals surface area (Å²) in [7, 11) is 0. The molecule has 5 heteroatoms. The largest absolute Gasteiger partial charge is 0.477 e. The lowest BCUT2D eigenvalue weighted by Gasteiger charge is -2.30. The first kappa shape index (κ1) is 17.6. The lowest BCUT2D eigenvalue weighted by atomic mass is 10.00. The number of ether oxygens (including phenoxy) is 2. The second-order valence-electron chi connectivity index (χ2n) is 7.34. The lowest BCUT2D eigenvalue weighted by Crippen LogP contribution is -2.32. The first-order valence-corrected chi connectivity index (χ1v) is 9.59. The van der Waals surface area contributed by atoms with Gasteiger partial charge >= 0.3 is 0 Å². The van der Waals surface area contributed by atoms with E-state index in [2.05, 4.69) is 16.0 Å². The van der Waals surface area contributed by atoms with Crippen LogP contribution in [0.25, 0.3) is 6.08 Å². The Bertz CT molecular complexity index is 1110. The minimum atomic E-state index is -0.0841. The molecule has 0 bridgehead atoms. The second-order valence-corrected chi connectivity index (χ2v) is 7.34. The van der Waals surface area contributed by atoms with Gasteiger partial charge in [0.2, 0.25) is 5.78 Å². The highest BCUT2D eigenvalue weighted by Crippen LogP contribution is 2.43. The molecule has 0 saturated carbocycles. The fourth-order valence-electron chi connectivity index (χ4n) is 3.85. The summed E-state index contributed by atoms with van der Waals surface area (Å²) in [5.41, 5.74) is 4.56. The average molecular weight is 384 g/mol. The number of benzene rings is 2. The van der Waals surface area contributed by atoms with Crippen LogP contribution in [0.5, 0.6) is 11.5 Å². The van der Waals surface area contributed by atoms with Gasteiger partial charge in [0.1, 0.15) is 18.2 Å². The van der Waals surface area contributed by atoms with E-state index < -0.39 is 0 Å². The molecule has 29 heavy (non-hydrogen) atoms. The van der Waals surface area contributed by atoms with Gasteiger partial charge < -0.3 is 9.47 Å². The van der Waals surface area contributed by atoms with Gasteiger partial charge in [-0.2, -0.15) is 0 Å². The van der Waals surface area contributed by atoms with Crippen molar-refractivity contribution in [3.05, 3.63) is 94.5 Å². The molecule has 0 atom stereocenters. The maximum Gasteiger partial charge on any atom is 0.231 e. The first-order chi connectivity index (χ1) is 14.2. The maximum absolute atomic E-state index is 13.0. The van der Waals surface area contributed by atoms with Crippen molar-refractivity contribution in [2.45, 2.75) is 20.0 Å². The van der Waals surface area contributed by atoms with Crippen LogP contribution in [0, 0.1) is 6.92 Å². The molecule has 3 heterocycles. The van der Waals surface area contributed by atoms with Crippen molar-refractivity contribution < 1.29 is 14.3 Å². The number of hydrogen-bond donors (Lipinski definition) is 0. The van der Waals surface area contributed by atoms with Crippen LogP contribution >= 0.6 is 0 Å². The quantitative estimate of drug-likeness (QED) is 0.628. The van der Waals surface area contributed by atoms with E-state index in [1.165, 1.54) is 0 Å². The lowest BCUT2D eigenvalue weighted by molar-refractivity contribution is 0.0876. The number of Topliss-reactive ketones (excluding diaryl/α,β-unsaturated/α-hetero) is 1. The standard InChI is InChI=1S/C24H20N2O3/c1-16-23-19(14-26(15-28-23)13-18-8-5-9-25-12-18)11-20-22(27)21(29-24(16)20)10-17-6-3-2-4-7-17/h2-12H,13-15H2,1H3. The number of nitrogens with zero attached hydrogens (tertiary/aromatic N) is 2. The molecule has 0 N–H and O–H groups in total. The number of carbonyl (C=O) groups is 1. The van der Waals surface area contributed by atoms with E-state index >= 15 is 0 Å². The number of fused-ring (bicyclic) bond motifs is 2. The van der Waals surface area contributed by atoms with E-state index in [1.807, 2.05) is 55.6 Å². The summed E-state index contributed by atoms with van der Waals surface area (Å²) in [6.07, 6.45) is 5.42. The van der Waals surface area contributed by atoms with Crippen molar-refractivity contribution in [2.75, 3.05) is 6.73 Å². The summed E-state index contributed by atoms with van der Waals surface area (Å²) in [5.74, 6) is 1.69. The molecule has 0 aliphatic carbocycles. The van der Waals surface area contributed by atoms with Crippen molar-refractivity contribution in [3.63, 3.8) is 0 Å². The van der Waals surface area contributed by atoms with Gasteiger partial charge in [-0.25, -0.2) is 0 Å². The molecule has 5 nitrogen and oxygen atoms in total. The van der Waals surface area contributed by atoms with Crippen LogP contribution in [-0.2, 0) is 13.1 Å².